The second kappa shape index (κ2) is 4.84. The Morgan fingerprint density at radius 3 is 2.50 bits per heavy atom. The molecular formula is C14H18F2N2. The van der Waals surface area contributed by atoms with Crippen LogP contribution in [0.15, 0.2) is 12.1 Å². The predicted octanol–water partition coefficient (Wildman–Crippen LogP) is 2.64. The number of rotatable bonds is 2. The van der Waals surface area contributed by atoms with Crippen molar-refractivity contribution >= 4 is 5.69 Å². The highest BCUT2D eigenvalue weighted by Gasteiger charge is 2.25. The van der Waals surface area contributed by atoms with Crippen LogP contribution in [0.4, 0.5) is 14.5 Å². The Hall–Kier alpha value is -1.16. The van der Waals surface area contributed by atoms with E-state index in [1.165, 1.54) is 12.1 Å². The summed E-state index contributed by atoms with van der Waals surface area (Å²) in [7, 11) is 0. The summed E-state index contributed by atoms with van der Waals surface area (Å²) in [4.78, 5) is 2.19. The highest BCUT2D eigenvalue weighted by atomic mass is 19.2. The van der Waals surface area contributed by atoms with Crippen molar-refractivity contribution in [1.29, 1.82) is 0 Å². The summed E-state index contributed by atoms with van der Waals surface area (Å²) in [6.45, 7) is 3.74. The number of hydrogen-bond donors (Lipinski definition) is 1. The Morgan fingerprint density at radius 1 is 1.11 bits per heavy atom. The molecule has 98 valence electrons. The fraction of sp³-hybridized carbons (Fsp3) is 0.571. The topological polar surface area (TPSA) is 15.3 Å². The van der Waals surface area contributed by atoms with Gasteiger partial charge in [0.1, 0.15) is 0 Å². The quantitative estimate of drug-likeness (QED) is 0.870. The molecule has 0 bridgehead atoms. The molecule has 1 N–H and O–H groups in total. The van der Waals surface area contributed by atoms with Gasteiger partial charge in [0.15, 0.2) is 11.6 Å². The molecule has 1 aromatic carbocycles. The van der Waals surface area contributed by atoms with Crippen molar-refractivity contribution in [3.63, 3.8) is 0 Å². The monoisotopic (exact) mass is 252 g/mol. The first kappa shape index (κ1) is 11.9. The van der Waals surface area contributed by atoms with E-state index in [1.54, 1.807) is 0 Å². The fourth-order valence-electron chi connectivity index (χ4n) is 3.03. The van der Waals surface area contributed by atoms with E-state index in [4.69, 9.17) is 0 Å². The Labute approximate surface area is 106 Å². The normalized spacial score (nSPS) is 23.9. The summed E-state index contributed by atoms with van der Waals surface area (Å²) in [6.07, 6.45) is 3.29. The van der Waals surface area contributed by atoms with E-state index in [0.717, 1.165) is 56.7 Å². The highest BCUT2D eigenvalue weighted by molar-refractivity contribution is 5.56. The van der Waals surface area contributed by atoms with Crippen molar-refractivity contribution in [2.45, 2.75) is 25.2 Å². The smallest absolute Gasteiger partial charge is 0.160 e. The molecule has 3 rings (SSSR count). The molecule has 2 aliphatic heterocycles. The van der Waals surface area contributed by atoms with Crippen LogP contribution in [-0.2, 0) is 0 Å². The molecular weight excluding hydrogens is 234 g/mol. The summed E-state index contributed by atoms with van der Waals surface area (Å²) in [5.74, 6) is -1.14. The number of nitrogens with one attached hydrogen (secondary N) is 1. The minimum absolute atomic E-state index is 0.315. The lowest BCUT2D eigenvalue weighted by atomic mass is 9.95. The van der Waals surface area contributed by atoms with E-state index in [9.17, 15) is 8.78 Å². The van der Waals surface area contributed by atoms with Gasteiger partial charge in [-0.15, -0.1) is 0 Å². The van der Waals surface area contributed by atoms with Gasteiger partial charge in [-0.1, -0.05) is 0 Å². The minimum atomic E-state index is -0.730. The summed E-state index contributed by atoms with van der Waals surface area (Å²) >= 11 is 0. The molecule has 0 aliphatic carbocycles. The molecule has 0 aromatic heterocycles. The van der Waals surface area contributed by atoms with Crippen LogP contribution in [0, 0.1) is 11.6 Å². The van der Waals surface area contributed by atoms with Gasteiger partial charge >= 0.3 is 0 Å². The van der Waals surface area contributed by atoms with Crippen LogP contribution < -0.4 is 10.2 Å². The van der Waals surface area contributed by atoms with Gasteiger partial charge in [-0.3, -0.25) is 0 Å². The van der Waals surface area contributed by atoms with Gasteiger partial charge in [-0.05, 0) is 43.4 Å². The van der Waals surface area contributed by atoms with Crippen LogP contribution in [0.1, 0.15) is 30.7 Å². The lowest BCUT2D eigenvalue weighted by Gasteiger charge is -2.24. The first-order valence-electron chi connectivity index (χ1n) is 6.70. The molecule has 0 saturated carbocycles. The molecule has 4 heteroatoms. The van der Waals surface area contributed by atoms with Crippen molar-refractivity contribution in [3.8, 4) is 0 Å². The summed E-state index contributed by atoms with van der Waals surface area (Å²) < 4.78 is 27.0. The second-order valence-corrected chi connectivity index (χ2v) is 5.21. The molecule has 18 heavy (non-hydrogen) atoms. The van der Waals surface area contributed by atoms with E-state index in [2.05, 4.69) is 10.2 Å². The van der Waals surface area contributed by atoms with Crippen LogP contribution in [0.5, 0.6) is 0 Å². The average Bonchev–Trinajstić information content (AvgIpc) is 3.02. The molecule has 2 aliphatic rings. The van der Waals surface area contributed by atoms with E-state index in [0.29, 0.717) is 5.92 Å². The van der Waals surface area contributed by atoms with Crippen LogP contribution in [-0.4, -0.2) is 26.2 Å². The number of benzene rings is 1. The zero-order valence-corrected chi connectivity index (χ0v) is 10.4. The third-order valence-corrected chi connectivity index (χ3v) is 4.02. The van der Waals surface area contributed by atoms with Crippen molar-refractivity contribution in [3.05, 3.63) is 29.3 Å². The van der Waals surface area contributed by atoms with Gasteiger partial charge in [0.05, 0.1) is 0 Å². The van der Waals surface area contributed by atoms with Crippen LogP contribution in [0.2, 0.25) is 0 Å². The maximum absolute atomic E-state index is 13.5. The van der Waals surface area contributed by atoms with Crippen LogP contribution in [0.25, 0.3) is 0 Å². The average molecular weight is 252 g/mol. The summed E-state index contributed by atoms with van der Waals surface area (Å²) in [6, 6.07) is 2.79. The highest BCUT2D eigenvalue weighted by Crippen LogP contribution is 2.34. The maximum Gasteiger partial charge on any atom is 0.160 e. The third kappa shape index (κ3) is 2.09. The van der Waals surface area contributed by atoms with Crippen molar-refractivity contribution in [1.82, 2.24) is 5.32 Å². The fourth-order valence-corrected chi connectivity index (χ4v) is 3.03. The molecule has 1 aromatic rings. The Kier molecular flexibility index (Phi) is 3.20. The van der Waals surface area contributed by atoms with Gasteiger partial charge in [-0.25, -0.2) is 8.78 Å². The molecule has 1 unspecified atom stereocenters. The molecule has 2 fully saturated rings. The predicted molar refractivity (Wildman–Crippen MR) is 68.0 cm³/mol. The van der Waals surface area contributed by atoms with Crippen LogP contribution >= 0.6 is 0 Å². The third-order valence-electron chi connectivity index (χ3n) is 4.02. The number of halogens is 2. The van der Waals surface area contributed by atoms with Crippen LogP contribution in [0.3, 0.4) is 0 Å². The second-order valence-electron chi connectivity index (χ2n) is 5.21. The van der Waals surface area contributed by atoms with Crippen molar-refractivity contribution in [2.24, 2.45) is 0 Å². The Bertz CT molecular complexity index is 395. The summed E-state index contributed by atoms with van der Waals surface area (Å²) in [5, 5.41) is 3.29. The molecule has 0 radical (unpaired) electrons. The standard InChI is InChI=1S/C14H18F2N2/c15-12-7-11(10-3-4-17-9-10)14(8-13(12)16)18-5-1-2-6-18/h7-8,10,17H,1-6,9H2. The Morgan fingerprint density at radius 2 is 1.83 bits per heavy atom. The zero-order chi connectivity index (χ0) is 12.5. The van der Waals surface area contributed by atoms with Gasteiger partial charge in [-0.2, -0.15) is 0 Å². The minimum Gasteiger partial charge on any atom is -0.371 e. The summed E-state index contributed by atoms with van der Waals surface area (Å²) in [5.41, 5.74) is 1.88. The molecule has 0 amide bonds. The van der Waals surface area contributed by atoms with E-state index >= 15 is 0 Å². The maximum atomic E-state index is 13.5. The zero-order valence-electron chi connectivity index (χ0n) is 10.4. The van der Waals surface area contributed by atoms with Gasteiger partial charge in [0.2, 0.25) is 0 Å². The number of nitrogens with zero attached hydrogens (tertiary/aromatic N) is 1. The molecule has 2 nitrogen and oxygen atoms in total. The molecule has 2 saturated heterocycles. The lowest BCUT2D eigenvalue weighted by molar-refractivity contribution is 0.505. The van der Waals surface area contributed by atoms with Gasteiger partial charge in [0.25, 0.3) is 0 Å². The molecule has 1 atom stereocenters. The van der Waals surface area contributed by atoms with E-state index < -0.39 is 11.6 Å². The number of hydrogen-bond acceptors (Lipinski definition) is 2. The lowest BCUT2D eigenvalue weighted by Crippen LogP contribution is -2.21. The largest absolute Gasteiger partial charge is 0.371 e. The number of anilines is 1. The first-order chi connectivity index (χ1) is 8.75. The molecule has 2 heterocycles. The first-order valence-corrected chi connectivity index (χ1v) is 6.70. The van der Waals surface area contributed by atoms with E-state index in [-0.39, 0.29) is 0 Å². The van der Waals surface area contributed by atoms with Gasteiger partial charge < -0.3 is 10.2 Å². The van der Waals surface area contributed by atoms with Crippen molar-refractivity contribution < 1.29 is 8.78 Å². The van der Waals surface area contributed by atoms with Gasteiger partial charge in [0, 0.05) is 31.4 Å². The Balaban J connectivity index is 2.00. The van der Waals surface area contributed by atoms with Crippen molar-refractivity contribution in [2.75, 3.05) is 31.1 Å². The molecule has 0 spiro atoms. The van der Waals surface area contributed by atoms with E-state index in [1.807, 2.05) is 0 Å². The SMILES string of the molecule is Fc1cc(C2CCNC2)c(N2CCCC2)cc1F.